The van der Waals surface area contributed by atoms with Crippen LogP contribution in [0.15, 0.2) is 16.5 Å². The van der Waals surface area contributed by atoms with Gasteiger partial charge in [0.05, 0.1) is 12.3 Å². The molecule has 0 atom stereocenters. The molecule has 6 heteroatoms. The van der Waals surface area contributed by atoms with E-state index in [-0.39, 0.29) is 5.75 Å². The van der Waals surface area contributed by atoms with Gasteiger partial charge in [0.1, 0.15) is 11.5 Å². The fourth-order valence-electron chi connectivity index (χ4n) is 1.88. The van der Waals surface area contributed by atoms with Gasteiger partial charge in [0.15, 0.2) is 0 Å². The largest absolute Gasteiger partial charge is 0.465 e. The molecule has 1 aromatic rings. The molecule has 0 spiro atoms. The summed E-state index contributed by atoms with van der Waals surface area (Å²) in [7, 11) is -1.60. The Morgan fingerprint density at radius 2 is 2.00 bits per heavy atom. The lowest BCUT2D eigenvalue weighted by molar-refractivity contribution is 0.396. The van der Waals surface area contributed by atoms with E-state index in [1.165, 1.54) is 4.31 Å². The second-order valence-electron chi connectivity index (χ2n) is 5.04. The summed E-state index contributed by atoms with van der Waals surface area (Å²) in [4.78, 5) is 0. The van der Waals surface area contributed by atoms with Gasteiger partial charge in [-0.15, -0.1) is 0 Å². The van der Waals surface area contributed by atoms with Crippen molar-refractivity contribution < 1.29 is 12.8 Å². The Kier molecular flexibility index (Phi) is 7.26. The van der Waals surface area contributed by atoms with Crippen molar-refractivity contribution in [3.8, 4) is 0 Å². The molecular formula is C14H26N2O3S. The third-order valence-corrected chi connectivity index (χ3v) is 4.97. The Hall–Kier alpha value is -0.850. The number of unbranched alkanes of at least 4 members (excludes halogenated alkanes) is 1. The average molecular weight is 302 g/mol. The molecule has 1 heterocycles. The fourth-order valence-corrected chi connectivity index (χ4v) is 3.08. The number of sulfonamides is 1. The average Bonchev–Trinajstić information content (AvgIpc) is 2.79. The number of rotatable bonds is 10. The van der Waals surface area contributed by atoms with Crippen LogP contribution < -0.4 is 5.32 Å². The minimum Gasteiger partial charge on any atom is -0.465 e. The van der Waals surface area contributed by atoms with Gasteiger partial charge in [-0.25, -0.2) is 8.42 Å². The Labute approximate surface area is 122 Å². The van der Waals surface area contributed by atoms with E-state index in [2.05, 4.69) is 12.2 Å². The first-order chi connectivity index (χ1) is 9.45. The van der Waals surface area contributed by atoms with Crippen LogP contribution in [0.4, 0.5) is 0 Å². The molecule has 1 aromatic heterocycles. The van der Waals surface area contributed by atoms with E-state index in [4.69, 9.17) is 4.42 Å². The zero-order chi connectivity index (χ0) is 15.0. The zero-order valence-corrected chi connectivity index (χ0v) is 13.5. The predicted octanol–water partition coefficient (Wildman–Crippen LogP) is 2.13. The maximum Gasteiger partial charge on any atom is 0.214 e. The molecule has 0 radical (unpaired) electrons. The van der Waals surface area contributed by atoms with Crippen molar-refractivity contribution in [2.24, 2.45) is 0 Å². The van der Waals surface area contributed by atoms with Gasteiger partial charge in [-0.1, -0.05) is 6.92 Å². The van der Waals surface area contributed by atoms with E-state index < -0.39 is 10.0 Å². The van der Waals surface area contributed by atoms with Crippen LogP contribution in [-0.2, 0) is 16.6 Å². The van der Waals surface area contributed by atoms with E-state index >= 15 is 0 Å². The van der Waals surface area contributed by atoms with Crippen LogP contribution in [-0.4, -0.2) is 38.6 Å². The smallest absolute Gasteiger partial charge is 0.214 e. The molecule has 5 nitrogen and oxygen atoms in total. The first kappa shape index (κ1) is 17.2. The van der Waals surface area contributed by atoms with Gasteiger partial charge in [0, 0.05) is 7.05 Å². The van der Waals surface area contributed by atoms with Crippen molar-refractivity contribution >= 4 is 10.0 Å². The lowest BCUT2D eigenvalue weighted by atomic mass is 10.3. The minimum absolute atomic E-state index is 0.191. The highest BCUT2D eigenvalue weighted by atomic mass is 32.2. The second-order valence-corrected chi connectivity index (χ2v) is 7.24. The molecule has 116 valence electrons. The van der Waals surface area contributed by atoms with Gasteiger partial charge in [-0.2, -0.15) is 4.31 Å². The molecule has 0 aliphatic heterocycles. The summed E-state index contributed by atoms with van der Waals surface area (Å²) in [5.74, 6) is 1.67. The van der Waals surface area contributed by atoms with E-state index in [0.29, 0.717) is 18.7 Å². The van der Waals surface area contributed by atoms with Gasteiger partial charge < -0.3 is 9.73 Å². The molecule has 0 amide bonds. The van der Waals surface area contributed by atoms with Crippen molar-refractivity contribution in [1.82, 2.24) is 9.62 Å². The highest BCUT2D eigenvalue weighted by molar-refractivity contribution is 7.89. The van der Waals surface area contributed by atoms with Crippen LogP contribution >= 0.6 is 0 Å². The highest BCUT2D eigenvalue weighted by Crippen LogP contribution is 2.12. The molecule has 0 aliphatic rings. The van der Waals surface area contributed by atoms with Gasteiger partial charge in [-0.3, -0.25) is 0 Å². The Morgan fingerprint density at radius 1 is 1.25 bits per heavy atom. The maximum absolute atomic E-state index is 12.1. The predicted molar refractivity (Wildman–Crippen MR) is 81.1 cm³/mol. The van der Waals surface area contributed by atoms with E-state index in [0.717, 1.165) is 31.7 Å². The molecule has 20 heavy (non-hydrogen) atoms. The highest BCUT2D eigenvalue weighted by Gasteiger charge is 2.18. The lowest BCUT2D eigenvalue weighted by Crippen LogP contribution is -2.29. The number of nitrogens with zero attached hydrogens (tertiary/aromatic N) is 1. The van der Waals surface area contributed by atoms with Gasteiger partial charge in [0.2, 0.25) is 10.0 Å². The molecule has 0 bridgehead atoms. The SMILES string of the molecule is CCCNCCCCS(=O)(=O)N(C)Cc1ccc(C)o1. The molecule has 0 aromatic carbocycles. The van der Waals surface area contributed by atoms with Gasteiger partial charge >= 0.3 is 0 Å². The van der Waals surface area contributed by atoms with E-state index in [1.54, 1.807) is 7.05 Å². The zero-order valence-electron chi connectivity index (χ0n) is 12.7. The van der Waals surface area contributed by atoms with Crippen LogP contribution in [0.5, 0.6) is 0 Å². The molecule has 0 aliphatic carbocycles. The van der Waals surface area contributed by atoms with Crippen LogP contribution in [0, 0.1) is 6.92 Å². The van der Waals surface area contributed by atoms with Crippen molar-refractivity contribution in [2.45, 2.75) is 39.7 Å². The van der Waals surface area contributed by atoms with Crippen LogP contribution in [0.25, 0.3) is 0 Å². The number of aryl methyl sites for hydroxylation is 1. The van der Waals surface area contributed by atoms with Crippen molar-refractivity contribution in [1.29, 1.82) is 0 Å². The third kappa shape index (κ3) is 6.07. The second kappa shape index (κ2) is 8.44. The molecule has 1 N–H and O–H groups in total. The normalized spacial score (nSPS) is 12.2. The number of furan rings is 1. The molecule has 0 fully saturated rings. The standard InChI is InChI=1S/C14H26N2O3S/c1-4-9-15-10-5-6-11-20(17,18)16(3)12-14-8-7-13(2)19-14/h7-8,15H,4-6,9-12H2,1-3H3. The molecule has 0 saturated heterocycles. The summed E-state index contributed by atoms with van der Waals surface area (Å²) >= 11 is 0. The Morgan fingerprint density at radius 3 is 2.60 bits per heavy atom. The summed E-state index contributed by atoms with van der Waals surface area (Å²) in [6, 6.07) is 3.66. The van der Waals surface area contributed by atoms with Crippen molar-refractivity contribution in [2.75, 3.05) is 25.9 Å². The first-order valence-corrected chi connectivity index (χ1v) is 8.76. The number of hydrogen-bond acceptors (Lipinski definition) is 4. The third-order valence-electron chi connectivity index (χ3n) is 3.08. The van der Waals surface area contributed by atoms with Crippen molar-refractivity contribution in [3.63, 3.8) is 0 Å². The van der Waals surface area contributed by atoms with Crippen LogP contribution in [0.2, 0.25) is 0 Å². The van der Waals surface area contributed by atoms with E-state index in [1.807, 2.05) is 19.1 Å². The topological polar surface area (TPSA) is 62.6 Å². The maximum atomic E-state index is 12.1. The summed E-state index contributed by atoms with van der Waals surface area (Å²) in [6.45, 7) is 6.13. The van der Waals surface area contributed by atoms with Crippen LogP contribution in [0.3, 0.4) is 0 Å². The number of hydrogen-bond donors (Lipinski definition) is 1. The van der Waals surface area contributed by atoms with E-state index in [9.17, 15) is 8.42 Å². The monoisotopic (exact) mass is 302 g/mol. The Bertz CT molecular complexity index is 482. The minimum atomic E-state index is -3.20. The Balaban J connectivity index is 2.32. The van der Waals surface area contributed by atoms with Crippen molar-refractivity contribution in [3.05, 3.63) is 23.7 Å². The summed E-state index contributed by atoms with van der Waals surface area (Å²) < 4.78 is 31.0. The van der Waals surface area contributed by atoms with Gasteiger partial charge in [-0.05, 0) is 51.4 Å². The summed E-state index contributed by atoms with van der Waals surface area (Å²) in [5, 5.41) is 3.27. The fraction of sp³-hybridized carbons (Fsp3) is 0.714. The molecule has 0 saturated carbocycles. The summed E-state index contributed by atoms with van der Waals surface area (Å²) in [5.41, 5.74) is 0. The molecule has 1 rings (SSSR count). The molecule has 0 unspecified atom stereocenters. The van der Waals surface area contributed by atoms with Crippen LogP contribution in [0.1, 0.15) is 37.7 Å². The van der Waals surface area contributed by atoms with Gasteiger partial charge in [0.25, 0.3) is 0 Å². The first-order valence-electron chi connectivity index (χ1n) is 7.15. The quantitative estimate of drug-likeness (QED) is 0.673. The summed E-state index contributed by atoms with van der Waals surface area (Å²) in [6.07, 6.45) is 2.66. The molecular weight excluding hydrogens is 276 g/mol. The number of nitrogens with one attached hydrogen (secondary N) is 1. The lowest BCUT2D eigenvalue weighted by Gasteiger charge is -2.15.